The normalized spacial score (nSPS) is 10.9. The number of hydrogen-bond donors (Lipinski definition) is 1. The molecule has 8 nitrogen and oxygen atoms in total. The van der Waals surface area contributed by atoms with Crippen molar-refractivity contribution < 1.29 is 18.7 Å². The first-order chi connectivity index (χ1) is 20.2. The average Bonchev–Trinajstić information content (AvgIpc) is 2.97. The lowest BCUT2D eigenvalue weighted by molar-refractivity contribution is 0.111. The molecule has 0 bridgehead atoms. The molecule has 0 radical (unpaired) electrons. The third kappa shape index (κ3) is 5.23. The van der Waals surface area contributed by atoms with Crippen LogP contribution in [0.15, 0.2) is 94.5 Å². The van der Waals surface area contributed by atoms with Crippen molar-refractivity contribution in [1.82, 2.24) is 18.8 Å². The number of benzene rings is 2. The van der Waals surface area contributed by atoms with Gasteiger partial charge in [0.05, 0.1) is 23.4 Å². The van der Waals surface area contributed by atoms with Crippen molar-refractivity contribution in [3.63, 3.8) is 0 Å². The molecular weight excluding hydrogens is 542 g/mol. The van der Waals surface area contributed by atoms with E-state index >= 15 is 0 Å². The molecular formula is C32H24F2N4O4. The predicted molar refractivity (Wildman–Crippen MR) is 154 cm³/mol. The minimum Gasteiger partial charge on any atom is -0.390 e. The number of halogens is 2. The number of aliphatic hydroxyl groups is 1. The standard InChI is InChI=1S/C16H13FN2O2.C16H11FN2O2/c2*1-10-4-2-7-14-18-13(9-20)15(16(21)19(10)14)11-5-3-6-12(17)8-11/h2-8,20H,9H2,1H3;2-9H,1H3. The van der Waals surface area contributed by atoms with Gasteiger partial charge in [0.2, 0.25) is 0 Å². The SMILES string of the molecule is Cc1cccc2nc(C=O)c(-c3cccc(F)c3)c(=O)n12.Cc1cccc2nc(CO)c(-c3cccc(F)c3)c(=O)n12. The zero-order valence-corrected chi connectivity index (χ0v) is 22.6. The molecule has 0 aliphatic rings. The Bertz CT molecular complexity index is 2100. The van der Waals surface area contributed by atoms with Gasteiger partial charge in [0.1, 0.15) is 28.6 Å². The van der Waals surface area contributed by atoms with Crippen LogP contribution in [0.3, 0.4) is 0 Å². The summed E-state index contributed by atoms with van der Waals surface area (Å²) in [6.07, 6.45) is 0.518. The largest absolute Gasteiger partial charge is 0.390 e. The number of aryl methyl sites for hydroxylation is 2. The van der Waals surface area contributed by atoms with E-state index in [9.17, 15) is 28.3 Å². The number of aliphatic hydroxyl groups excluding tert-OH is 1. The molecule has 0 fully saturated rings. The lowest BCUT2D eigenvalue weighted by Crippen LogP contribution is -2.21. The van der Waals surface area contributed by atoms with E-state index in [-0.39, 0.29) is 40.2 Å². The van der Waals surface area contributed by atoms with Crippen molar-refractivity contribution in [3.05, 3.63) is 140 Å². The lowest BCUT2D eigenvalue weighted by Gasteiger charge is -2.11. The molecule has 0 amide bonds. The molecule has 4 heterocycles. The van der Waals surface area contributed by atoms with Crippen LogP contribution in [0.2, 0.25) is 0 Å². The molecule has 0 saturated heterocycles. The molecule has 0 saturated carbocycles. The van der Waals surface area contributed by atoms with Crippen LogP contribution in [0.5, 0.6) is 0 Å². The molecule has 0 unspecified atom stereocenters. The van der Waals surface area contributed by atoms with E-state index < -0.39 is 11.6 Å². The number of hydrogen-bond acceptors (Lipinski definition) is 6. The number of nitrogens with zero attached hydrogens (tertiary/aromatic N) is 4. The van der Waals surface area contributed by atoms with Crippen molar-refractivity contribution in [1.29, 1.82) is 0 Å². The number of carbonyl (C=O) groups excluding carboxylic acids is 1. The minimum atomic E-state index is -0.473. The second kappa shape index (κ2) is 11.6. The highest BCUT2D eigenvalue weighted by Crippen LogP contribution is 2.22. The predicted octanol–water partition coefficient (Wildman–Crippen LogP) is 4.92. The van der Waals surface area contributed by atoms with Gasteiger partial charge >= 0.3 is 0 Å². The van der Waals surface area contributed by atoms with E-state index in [0.29, 0.717) is 34.4 Å². The molecule has 0 aliphatic carbocycles. The molecule has 2 aromatic carbocycles. The van der Waals surface area contributed by atoms with Crippen LogP contribution in [0.1, 0.15) is 27.6 Å². The van der Waals surface area contributed by atoms with E-state index in [2.05, 4.69) is 9.97 Å². The summed E-state index contributed by atoms with van der Waals surface area (Å²) < 4.78 is 29.7. The van der Waals surface area contributed by atoms with Gasteiger partial charge in [0, 0.05) is 11.4 Å². The van der Waals surface area contributed by atoms with Crippen molar-refractivity contribution in [2.75, 3.05) is 0 Å². The third-order valence-electron chi connectivity index (χ3n) is 6.68. The molecule has 210 valence electrons. The zero-order valence-electron chi connectivity index (χ0n) is 22.6. The molecule has 0 aliphatic heterocycles. The van der Waals surface area contributed by atoms with Crippen molar-refractivity contribution >= 4 is 17.6 Å². The van der Waals surface area contributed by atoms with Gasteiger partial charge in [-0.25, -0.2) is 18.7 Å². The molecule has 0 atom stereocenters. The van der Waals surface area contributed by atoms with Crippen LogP contribution >= 0.6 is 0 Å². The van der Waals surface area contributed by atoms with Gasteiger partial charge in [-0.05, 0) is 73.5 Å². The Kier molecular flexibility index (Phi) is 7.81. The van der Waals surface area contributed by atoms with E-state index in [0.717, 1.165) is 5.69 Å². The van der Waals surface area contributed by atoms with Gasteiger partial charge in [0.25, 0.3) is 11.1 Å². The van der Waals surface area contributed by atoms with E-state index in [1.54, 1.807) is 62.4 Å². The highest BCUT2D eigenvalue weighted by Gasteiger charge is 2.17. The van der Waals surface area contributed by atoms with Crippen LogP contribution in [-0.2, 0) is 6.61 Å². The number of aromatic nitrogens is 4. The summed E-state index contributed by atoms with van der Waals surface area (Å²) in [5, 5.41) is 9.50. The third-order valence-corrected chi connectivity index (χ3v) is 6.68. The summed E-state index contributed by atoms with van der Waals surface area (Å²) in [4.78, 5) is 45.2. The Labute approximate surface area is 237 Å². The fraction of sp³-hybridized carbons (Fsp3) is 0.0938. The minimum absolute atomic E-state index is 0.0104. The summed E-state index contributed by atoms with van der Waals surface area (Å²) >= 11 is 0. The van der Waals surface area contributed by atoms with Crippen LogP contribution in [0.25, 0.3) is 33.5 Å². The maximum atomic E-state index is 13.4. The van der Waals surface area contributed by atoms with Crippen LogP contribution in [-0.4, -0.2) is 30.2 Å². The number of aldehydes is 1. The number of pyridine rings is 2. The van der Waals surface area contributed by atoms with Gasteiger partial charge < -0.3 is 5.11 Å². The summed E-state index contributed by atoms with van der Waals surface area (Å²) in [6, 6.07) is 21.8. The Morgan fingerprint density at radius 1 is 0.714 bits per heavy atom. The number of rotatable bonds is 4. The van der Waals surface area contributed by atoms with Gasteiger partial charge in [-0.1, -0.05) is 36.4 Å². The van der Waals surface area contributed by atoms with E-state index in [1.807, 2.05) is 0 Å². The van der Waals surface area contributed by atoms with Crippen molar-refractivity contribution in [2.45, 2.75) is 20.5 Å². The van der Waals surface area contributed by atoms with Crippen LogP contribution in [0, 0.1) is 25.5 Å². The Balaban J connectivity index is 0.000000168. The summed E-state index contributed by atoms with van der Waals surface area (Å²) in [5.41, 5.74) is 2.92. The fourth-order valence-electron chi connectivity index (χ4n) is 4.79. The van der Waals surface area contributed by atoms with E-state index in [4.69, 9.17) is 0 Å². The van der Waals surface area contributed by atoms with Gasteiger partial charge in [-0.3, -0.25) is 23.2 Å². The first kappa shape index (κ1) is 28.2. The highest BCUT2D eigenvalue weighted by molar-refractivity contribution is 5.85. The average molecular weight is 567 g/mol. The molecule has 42 heavy (non-hydrogen) atoms. The van der Waals surface area contributed by atoms with Crippen molar-refractivity contribution in [3.8, 4) is 22.3 Å². The summed E-state index contributed by atoms with van der Waals surface area (Å²) in [5.74, 6) is -0.913. The fourth-order valence-corrected chi connectivity index (χ4v) is 4.79. The number of carbonyl (C=O) groups is 1. The summed E-state index contributed by atoms with van der Waals surface area (Å²) in [6.45, 7) is 3.18. The molecule has 0 spiro atoms. The molecule has 6 rings (SSSR count). The van der Waals surface area contributed by atoms with Gasteiger partial charge in [0.15, 0.2) is 6.29 Å². The second-order valence-electron chi connectivity index (χ2n) is 9.43. The zero-order chi connectivity index (χ0) is 30.0. The quantitative estimate of drug-likeness (QED) is 0.304. The molecule has 10 heteroatoms. The maximum absolute atomic E-state index is 13.4. The lowest BCUT2D eigenvalue weighted by atomic mass is 10.1. The molecule has 6 aromatic rings. The molecule has 1 N–H and O–H groups in total. The Morgan fingerprint density at radius 2 is 1.19 bits per heavy atom. The second-order valence-corrected chi connectivity index (χ2v) is 9.43. The first-order valence-electron chi connectivity index (χ1n) is 12.8. The van der Waals surface area contributed by atoms with Gasteiger partial charge in [-0.2, -0.15) is 0 Å². The topological polar surface area (TPSA) is 106 Å². The van der Waals surface area contributed by atoms with Crippen LogP contribution in [0.4, 0.5) is 8.78 Å². The van der Waals surface area contributed by atoms with Gasteiger partial charge in [-0.15, -0.1) is 0 Å². The van der Waals surface area contributed by atoms with E-state index in [1.165, 1.54) is 45.2 Å². The molecule has 4 aromatic heterocycles. The van der Waals surface area contributed by atoms with Crippen molar-refractivity contribution in [2.24, 2.45) is 0 Å². The number of fused-ring (bicyclic) bond motifs is 2. The Hall–Kier alpha value is -5.35. The van der Waals surface area contributed by atoms with Crippen LogP contribution < -0.4 is 11.1 Å². The maximum Gasteiger partial charge on any atom is 0.266 e. The summed E-state index contributed by atoms with van der Waals surface area (Å²) in [7, 11) is 0. The smallest absolute Gasteiger partial charge is 0.266 e. The first-order valence-corrected chi connectivity index (χ1v) is 12.8. The highest BCUT2D eigenvalue weighted by atomic mass is 19.1. The Morgan fingerprint density at radius 3 is 1.69 bits per heavy atom. The monoisotopic (exact) mass is 566 g/mol.